The topological polar surface area (TPSA) is 69.6 Å². The molecule has 0 saturated carbocycles. The average Bonchev–Trinajstić information content (AvgIpc) is 2.37. The monoisotopic (exact) mass is 298 g/mol. The summed E-state index contributed by atoms with van der Waals surface area (Å²) in [7, 11) is 0. The van der Waals surface area contributed by atoms with Crippen LogP contribution in [0.2, 0.25) is 5.02 Å². The molecular formula is C14H19ClN2O3. The third kappa shape index (κ3) is 5.48. The molecule has 0 aromatic heterocycles. The van der Waals surface area contributed by atoms with Crippen LogP contribution in [-0.2, 0) is 11.3 Å². The lowest BCUT2D eigenvalue weighted by molar-refractivity contribution is -0.137. The number of carbonyl (C=O) groups is 2. The van der Waals surface area contributed by atoms with Crippen LogP contribution in [-0.4, -0.2) is 34.6 Å². The summed E-state index contributed by atoms with van der Waals surface area (Å²) in [5.41, 5.74) is 0.935. The lowest BCUT2D eigenvalue weighted by atomic mass is 10.2. The highest BCUT2D eigenvalue weighted by atomic mass is 35.5. The minimum atomic E-state index is -0.916. The molecule has 0 radical (unpaired) electrons. The van der Waals surface area contributed by atoms with Gasteiger partial charge in [-0.15, -0.1) is 0 Å². The van der Waals surface area contributed by atoms with Gasteiger partial charge >= 0.3 is 12.0 Å². The number of carbonyl (C=O) groups excluding carboxylic acids is 1. The first-order valence-electron chi connectivity index (χ1n) is 6.41. The molecule has 1 aromatic carbocycles. The van der Waals surface area contributed by atoms with Gasteiger partial charge in [-0.1, -0.05) is 23.7 Å². The smallest absolute Gasteiger partial charge is 0.317 e. The number of halogens is 1. The summed E-state index contributed by atoms with van der Waals surface area (Å²) in [6.45, 7) is 4.28. The number of benzene rings is 1. The second kappa shape index (κ2) is 7.75. The van der Waals surface area contributed by atoms with E-state index in [9.17, 15) is 9.59 Å². The molecule has 1 aromatic rings. The Hall–Kier alpha value is -1.75. The number of carboxylic acids is 1. The van der Waals surface area contributed by atoms with Crippen LogP contribution < -0.4 is 5.32 Å². The third-order valence-corrected chi connectivity index (χ3v) is 3.06. The maximum Gasteiger partial charge on any atom is 0.317 e. The molecule has 0 saturated heterocycles. The Morgan fingerprint density at radius 1 is 1.30 bits per heavy atom. The van der Waals surface area contributed by atoms with Gasteiger partial charge in [0.25, 0.3) is 0 Å². The maximum atomic E-state index is 12.0. The van der Waals surface area contributed by atoms with E-state index in [1.807, 2.05) is 26.0 Å². The zero-order chi connectivity index (χ0) is 15.1. The number of amides is 2. The first-order valence-corrected chi connectivity index (χ1v) is 6.78. The summed E-state index contributed by atoms with van der Waals surface area (Å²) < 4.78 is 0. The lowest BCUT2D eigenvalue weighted by Gasteiger charge is -2.26. The van der Waals surface area contributed by atoms with Crippen LogP contribution in [0.25, 0.3) is 0 Å². The molecule has 0 aliphatic rings. The van der Waals surface area contributed by atoms with E-state index >= 15 is 0 Å². The van der Waals surface area contributed by atoms with E-state index in [1.165, 1.54) is 4.90 Å². The van der Waals surface area contributed by atoms with E-state index in [1.54, 1.807) is 12.1 Å². The van der Waals surface area contributed by atoms with Gasteiger partial charge < -0.3 is 15.3 Å². The van der Waals surface area contributed by atoms with Crippen LogP contribution >= 0.6 is 11.6 Å². The SMILES string of the molecule is CC(C)N(CCC(=O)O)C(=O)NCc1ccc(Cl)cc1. The quantitative estimate of drug-likeness (QED) is 0.848. The molecule has 0 atom stereocenters. The van der Waals surface area contributed by atoms with Crippen LogP contribution in [0.3, 0.4) is 0 Å². The fraction of sp³-hybridized carbons (Fsp3) is 0.429. The van der Waals surface area contributed by atoms with Gasteiger partial charge in [0.05, 0.1) is 6.42 Å². The first-order chi connectivity index (χ1) is 9.40. The molecular weight excluding hydrogens is 280 g/mol. The molecule has 0 aliphatic carbocycles. The van der Waals surface area contributed by atoms with Gasteiger partial charge in [-0.2, -0.15) is 0 Å². The van der Waals surface area contributed by atoms with Crippen molar-refractivity contribution in [3.8, 4) is 0 Å². The molecule has 20 heavy (non-hydrogen) atoms. The van der Waals surface area contributed by atoms with Crippen LogP contribution in [0.1, 0.15) is 25.8 Å². The molecule has 0 spiro atoms. The predicted molar refractivity (Wildman–Crippen MR) is 77.8 cm³/mol. The molecule has 5 nitrogen and oxygen atoms in total. The van der Waals surface area contributed by atoms with E-state index in [0.29, 0.717) is 11.6 Å². The third-order valence-electron chi connectivity index (χ3n) is 2.81. The normalized spacial score (nSPS) is 10.4. The number of aliphatic carboxylic acids is 1. The highest BCUT2D eigenvalue weighted by molar-refractivity contribution is 6.30. The zero-order valence-electron chi connectivity index (χ0n) is 11.6. The average molecular weight is 299 g/mol. The minimum Gasteiger partial charge on any atom is -0.481 e. The number of hydrogen-bond donors (Lipinski definition) is 2. The highest BCUT2D eigenvalue weighted by Gasteiger charge is 2.17. The second-order valence-corrected chi connectivity index (χ2v) is 5.15. The van der Waals surface area contributed by atoms with Crippen molar-refractivity contribution in [3.63, 3.8) is 0 Å². The Morgan fingerprint density at radius 3 is 2.40 bits per heavy atom. The Morgan fingerprint density at radius 2 is 1.90 bits per heavy atom. The Bertz CT molecular complexity index is 460. The molecule has 6 heteroatoms. The van der Waals surface area contributed by atoms with Gasteiger partial charge in [0, 0.05) is 24.2 Å². The lowest BCUT2D eigenvalue weighted by Crippen LogP contribution is -2.44. The standard InChI is InChI=1S/C14H19ClN2O3/c1-10(2)17(8-7-13(18)19)14(20)16-9-11-3-5-12(15)6-4-11/h3-6,10H,7-9H2,1-2H3,(H,16,20)(H,18,19). The first kappa shape index (κ1) is 16.3. The summed E-state index contributed by atoms with van der Waals surface area (Å²) >= 11 is 5.79. The van der Waals surface area contributed by atoms with Crippen molar-refractivity contribution in [2.75, 3.05) is 6.54 Å². The van der Waals surface area contributed by atoms with Crippen molar-refractivity contribution < 1.29 is 14.7 Å². The number of nitrogens with one attached hydrogen (secondary N) is 1. The Labute approximate surface area is 123 Å². The fourth-order valence-electron chi connectivity index (χ4n) is 1.69. The van der Waals surface area contributed by atoms with Crippen LogP contribution in [0.4, 0.5) is 4.79 Å². The zero-order valence-corrected chi connectivity index (χ0v) is 12.4. The molecule has 1 rings (SSSR count). The van der Waals surface area contributed by atoms with Gasteiger partial charge in [-0.05, 0) is 31.5 Å². The predicted octanol–water partition coefficient (Wildman–Crippen LogP) is 2.73. The molecule has 0 unspecified atom stereocenters. The van der Waals surface area contributed by atoms with E-state index in [2.05, 4.69) is 5.32 Å². The summed E-state index contributed by atoms with van der Waals surface area (Å²) in [5.74, 6) is -0.916. The summed E-state index contributed by atoms with van der Waals surface area (Å²) in [5, 5.41) is 12.1. The van der Waals surface area contributed by atoms with Crippen molar-refractivity contribution in [1.82, 2.24) is 10.2 Å². The van der Waals surface area contributed by atoms with Crippen molar-refractivity contribution >= 4 is 23.6 Å². The molecule has 2 N–H and O–H groups in total. The van der Waals surface area contributed by atoms with Crippen LogP contribution in [0.5, 0.6) is 0 Å². The minimum absolute atomic E-state index is 0.0560. The number of hydrogen-bond acceptors (Lipinski definition) is 2. The number of carboxylic acid groups (broad SMARTS) is 1. The molecule has 110 valence electrons. The van der Waals surface area contributed by atoms with E-state index < -0.39 is 5.97 Å². The van der Waals surface area contributed by atoms with Crippen molar-refractivity contribution in [2.24, 2.45) is 0 Å². The second-order valence-electron chi connectivity index (χ2n) is 4.72. The number of rotatable bonds is 6. The summed E-state index contributed by atoms with van der Waals surface area (Å²) in [6.07, 6.45) is -0.0630. The van der Waals surface area contributed by atoms with E-state index in [4.69, 9.17) is 16.7 Å². The Balaban J connectivity index is 2.53. The number of nitrogens with zero attached hydrogens (tertiary/aromatic N) is 1. The van der Waals surface area contributed by atoms with Crippen LogP contribution in [0.15, 0.2) is 24.3 Å². The van der Waals surface area contributed by atoms with Gasteiger partial charge in [-0.25, -0.2) is 4.79 Å². The van der Waals surface area contributed by atoms with Gasteiger partial charge in [0.1, 0.15) is 0 Å². The van der Waals surface area contributed by atoms with Gasteiger partial charge in [0.2, 0.25) is 0 Å². The largest absolute Gasteiger partial charge is 0.481 e. The Kier molecular flexibility index (Phi) is 6.31. The number of urea groups is 1. The van der Waals surface area contributed by atoms with Crippen molar-refractivity contribution in [2.45, 2.75) is 32.9 Å². The maximum absolute atomic E-state index is 12.0. The van der Waals surface area contributed by atoms with E-state index in [0.717, 1.165) is 5.56 Å². The van der Waals surface area contributed by atoms with Gasteiger partial charge in [-0.3, -0.25) is 4.79 Å². The molecule has 0 fully saturated rings. The molecule has 0 heterocycles. The summed E-state index contributed by atoms with van der Waals surface area (Å²) in [6, 6.07) is 6.86. The van der Waals surface area contributed by atoms with E-state index in [-0.39, 0.29) is 25.0 Å². The molecule has 2 amide bonds. The highest BCUT2D eigenvalue weighted by Crippen LogP contribution is 2.09. The van der Waals surface area contributed by atoms with Crippen molar-refractivity contribution in [1.29, 1.82) is 0 Å². The molecule has 0 aliphatic heterocycles. The fourth-order valence-corrected chi connectivity index (χ4v) is 1.82. The van der Waals surface area contributed by atoms with Crippen LogP contribution in [0, 0.1) is 0 Å². The molecule has 0 bridgehead atoms. The van der Waals surface area contributed by atoms with Gasteiger partial charge in [0.15, 0.2) is 0 Å². The summed E-state index contributed by atoms with van der Waals surface area (Å²) in [4.78, 5) is 24.1. The van der Waals surface area contributed by atoms with Crippen molar-refractivity contribution in [3.05, 3.63) is 34.9 Å².